The van der Waals surface area contributed by atoms with Crippen molar-refractivity contribution in [2.45, 2.75) is 6.54 Å². The van der Waals surface area contributed by atoms with Gasteiger partial charge >= 0.3 is 6.03 Å². The molecule has 4 N–H and O–H groups in total. The monoisotopic (exact) mass is 281 g/mol. The van der Waals surface area contributed by atoms with Gasteiger partial charge in [0.25, 0.3) is 5.91 Å². The van der Waals surface area contributed by atoms with Crippen molar-refractivity contribution in [1.29, 1.82) is 0 Å². The van der Waals surface area contributed by atoms with E-state index in [0.717, 1.165) is 5.56 Å². The lowest BCUT2D eigenvalue weighted by Crippen LogP contribution is -2.42. The summed E-state index contributed by atoms with van der Waals surface area (Å²) in [5, 5.41) is 4.60. The lowest BCUT2D eigenvalue weighted by atomic mass is 10.2. The van der Waals surface area contributed by atoms with Gasteiger partial charge in [0.1, 0.15) is 5.75 Å². The molecular weight excluding hydrogens is 262 g/mol. The van der Waals surface area contributed by atoms with E-state index < -0.39 is 11.9 Å². The van der Waals surface area contributed by atoms with Crippen molar-refractivity contribution in [2.24, 2.45) is 5.73 Å². The van der Waals surface area contributed by atoms with Crippen LogP contribution in [0.4, 0.5) is 4.79 Å². The van der Waals surface area contributed by atoms with Crippen molar-refractivity contribution < 1.29 is 19.1 Å². The lowest BCUT2D eigenvalue weighted by Gasteiger charge is -2.08. The number of rotatable bonds is 7. The highest BCUT2D eigenvalue weighted by Gasteiger charge is 2.07. The number of urea groups is 1. The maximum atomic E-state index is 11.4. The Bertz CT molecular complexity index is 434. The first-order valence-electron chi connectivity index (χ1n) is 6.14. The fourth-order valence-corrected chi connectivity index (χ4v) is 1.34. The Balaban J connectivity index is 2.26. The molecule has 110 valence electrons. The van der Waals surface area contributed by atoms with Crippen molar-refractivity contribution in [2.75, 3.05) is 26.9 Å². The Morgan fingerprint density at radius 3 is 2.55 bits per heavy atom. The van der Waals surface area contributed by atoms with E-state index >= 15 is 0 Å². The smallest absolute Gasteiger partial charge is 0.321 e. The highest BCUT2D eigenvalue weighted by molar-refractivity contribution is 5.94. The fourth-order valence-electron chi connectivity index (χ4n) is 1.34. The van der Waals surface area contributed by atoms with Crippen molar-refractivity contribution >= 4 is 11.9 Å². The number of hydrogen-bond acceptors (Lipinski definition) is 5. The topological polar surface area (TPSA) is 103 Å². The second-order valence-electron chi connectivity index (χ2n) is 3.93. The molecule has 0 aliphatic rings. The molecule has 20 heavy (non-hydrogen) atoms. The summed E-state index contributed by atoms with van der Waals surface area (Å²) < 4.78 is 10.00. The summed E-state index contributed by atoms with van der Waals surface area (Å²) in [7, 11) is 1.52. The van der Waals surface area contributed by atoms with E-state index in [1.54, 1.807) is 12.1 Å². The lowest BCUT2D eigenvalue weighted by molar-refractivity contribution is -0.122. The number of carbonyl (C=O) groups excluding carboxylic acids is 2. The van der Waals surface area contributed by atoms with Crippen LogP contribution in [0, 0.1) is 0 Å². The number of amides is 3. The zero-order valence-corrected chi connectivity index (χ0v) is 11.3. The Morgan fingerprint density at radius 1 is 1.25 bits per heavy atom. The number of nitrogens with two attached hydrogens (primary N) is 1. The summed E-state index contributed by atoms with van der Waals surface area (Å²) in [6.45, 7) is 0.921. The average molecular weight is 281 g/mol. The van der Waals surface area contributed by atoms with E-state index in [9.17, 15) is 9.59 Å². The average Bonchev–Trinajstić information content (AvgIpc) is 2.46. The number of benzene rings is 1. The molecule has 3 amide bonds. The summed E-state index contributed by atoms with van der Waals surface area (Å²) in [5.74, 6) is 0.0139. The second kappa shape index (κ2) is 8.89. The Labute approximate surface area is 117 Å². The van der Waals surface area contributed by atoms with Gasteiger partial charge in [-0.1, -0.05) is 12.1 Å². The molecule has 0 aliphatic heterocycles. The third-order valence-electron chi connectivity index (χ3n) is 2.37. The quantitative estimate of drug-likeness (QED) is 0.610. The van der Waals surface area contributed by atoms with Crippen molar-refractivity contribution in [3.05, 3.63) is 29.8 Å². The van der Waals surface area contributed by atoms with E-state index in [4.69, 9.17) is 15.2 Å². The maximum Gasteiger partial charge on any atom is 0.321 e. The number of hydrogen-bond donors (Lipinski definition) is 3. The summed E-state index contributed by atoms with van der Waals surface area (Å²) in [5.41, 5.74) is 6.44. The molecule has 0 bridgehead atoms. The standard InChI is InChI=1S/C13H19N3O4/c1-19-7-6-15-13(18)16-12(17)9-20-11-4-2-10(8-14)3-5-11/h2-5H,6-9,14H2,1H3,(H2,15,16,17,18). The Kier molecular flexibility index (Phi) is 7.08. The first-order chi connectivity index (χ1) is 9.65. The summed E-state index contributed by atoms with van der Waals surface area (Å²) in [6, 6.07) is 6.48. The molecule has 0 unspecified atom stereocenters. The minimum absolute atomic E-state index is 0.236. The molecule has 7 nitrogen and oxygen atoms in total. The van der Waals surface area contributed by atoms with Crippen LogP contribution in [-0.2, 0) is 16.1 Å². The van der Waals surface area contributed by atoms with E-state index in [-0.39, 0.29) is 6.61 Å². The molecule has 1 aromatic rings. The zero-order valence-electron chi connectivity index (χ0n) is 11.3. The van der Waals surface area contributed by atoms with Gasteiger partial charge in [-0.15, -0.1) is 0 Å². The molecule has 1 aromatic carbocycles. The molecule has 0 aliphatic carbocycles. The van der Waals surface area contributed by atoms with Crippen LogP contribution in [0.2, 0.25) is 0 Å². The zero-order chi connectivity index (χ0) is 14.8. The molecule has 0 saturated carbocycles. The van der Waals surface area contributed by atoms with Gasteiger partial charge in [-0.3, -0.25) is 10.1 Å². The minimum Gasteiger partial charge on any atom is -0.484 e. The van der Waals surface area contributed by atoms with Gasteiger partial charge in [-0.25, -0.2) is 4.79 Å². The molecule has 0 atom stereocenters. The van der Waals surface area contributed by atoms with Crippen LogP contribution >= 0.6 is 0 Å². The number of imide groups is 1. The largest absolute Gasteiger partial charge is 0.484 e. The third-order valence-corrected chi connectivity index (χ3v) is 2.37. The Hall–Kier alpha value is -2.12. The van der Waals surface area contributed by atoms with Crippen LogP contribution in [0.1, 0.15) is 5.56 Å². The molecule has 0 spiro atoms. The molecule has 0 radical (unpaired) electrons. The highest BCUT2D eigenvalue weighted by Crippen LogP contribution is 2.11. The van der Waals surface area contributed by atoms with Gasteiger partial charge in [-0.2, -0.15) is 0 Å². The first kappa shape index (κ1) is 15.9. The van der Waals surface area contributed by atoms with Gasteiger partial charge in [0.15, 0.2) is 6.61 Å². The van der Waals surface area contributed by atoms with Gasteiger partial charge in [0, 0.05) is 20.2 Å². The molecule has 7 heteroatoms. The molecule has 0 aromatic heterocycles. The van der Waals surface area contributed by atoms with Crippen LogP contribution in [0.15, 0.2) is 24.3 Å². The minimum atomic E-state index is -0.575. The van der Waals surface area contributed by atoms with Crippen LogP contribution in [-0.4, -0.2) is 38.8 Å². The number of carbonyl (C=O) groups is 2. The normalized spacial score (nSPS) is 9.90. The molecule has 0 saturated heterocycles. The highest BCUT2D eigenvalue weighted by atomic mass is 16.5. The predicted octanol–water partition coefficient (Wildman–Crippen LogP) is -0.00370. The molecular formula is C13H19N3O4. The van der Waals surface area contributed by atoms with Crippen LogP contribution in [0.25, 0.3) is 0 Å². The van der Waals surface area contributed by atoms with Gasteiger partial charge in [0.2, 0.25) is 0 Å². The molecule has 0 fully saturated rings. The van der Waals surface area contributed by atoms with E-state index in [1.807, 2.05) is 12.1 Å². The third kappa shape index (κ3) is 6.17. The van der Waals surface area contributed by atoms with Gasteiger partial charge < -0.3 is 20.5 Å². The number of nitrogens with one attached hydrogen (secondary N) is 2. The SMILES string of the molecule is COCCNC(=O)NC(=O)COc1ccc(CN)cc1. The van der Waals surface area contributed by atoms with Crippen LogP contribution < -0.4 is 21.1 Å². The van der Waals surface area contributed by atoms with E-state index in [2.05, 4.69) is 10.6 Å². The van der Waals surface area contributed by atoms with Gasteiger partial charge in [-0.05, 0) is 17.7 Å². The van der Waals surface area contributed by atoms with Crippen LogP contribution in [0.3, 0.4) is 0 Å². The number of ether oxygens (including phenoxy) is 2. The Morgan fingerprint density at radius 2 is 1.95 bits per heavy atom. The van der Waals surface area contributed by atoms with E-state index in [0.29, 0.717) is 25.4 Å². The van der Waals surface area contributed by atoms with Crippen molar-refractivity contribution in [1.82, 2.24) is 10.6 Å². The summed E-state index contributed by atoms with van der Waals surface area (Å²) in [4.78, 5) is 22.7. The van der Waals surface area contributed by atoms with Crippen LogP contribution in [0.5, 0.6) is 5.75 Å². The first-order valence-corrected chi connectivity index (χ1v) is 6.14. The second-order valence-corrected chi connectivity index (χ2v) is 3.93. The van der Waals surface area contributed by atoms with Crippen molar-refractivity contribution in [3.63, 3.8) is 0 Å². The van der Waals surface area contributed by atoms with Gasteiger partial charge in [0.05, 0.1) is 6.61 Å². The fraction of sp³-hybridized carbons (Fsp3) is 0.385. The molecule has 0 heterocycles. The molecule has 1 rings (SSSR count). The van der Waals surface area contributed by atoms with Crippen molar-refractivity contribution in [3.8, 4) is 5.75 Å². The maximum absolute atomic E-state index is 11.4. The number of methoxy groups -OCH3 is 1. The summed E-state index contributed by atoms with van der Waals surface area (Å²) in [6.07, 6.45) is 0. The summed E-state index contributed by atoms with van der Waals surface area (Å²) >= 11 is 0. The predicted molar refractivity (Wildman–Crippen MR) is 73.2 cm³/mol. The van der Waals surface area contributed by atoms with E-state index in [1.165, 1.54) is 7.11 Å².